The largest absolute Gasteiger partial charge is 0.466 e. The number of unbranched alkanes of at least 4 members (excludes halogenated alkanes) is 58. The van der Waals surface area contributed by atoms with E-state index in [0.29, 0.717) is 25.9 Å². The molecule has 2 atom stereocenters. The molecule has 0 aliphatic heterocycles. The molecule has 0 aliphatic rings. The molecule has 0 bridgehead atoms. The van der Waals surface area contributed by atoms with Crippen molar-refractivity contribution in [3.63, 3.8) is 0 Å². The number of esters is 1. The van der Waals surface area contributed by atoms with Crippen LogP contribution in [0.2, 0.25) is 0 Å². The molecule has 0 saturated heterocycles. The Hall–Kier alpha value is -1.66. The standard InChI is InChI=1S/C78H151NO5/c1-3-5-7-9-11-13-15-17-19-21-22-32-35-39-42-46-50-54-58-62-66-70-76(81)75(74-80)79-77(82)71-67-63-59-55-51-47-43-40-36-33-30-28-26-24-23-25-27-29-31-34-37-41-45-49-53-57-61-65-69-73-84-78(83)72-68-64-60-56-52-48-44-38-20-18-16-14-12-10-8-6-4-2/h23,25,29,31,75-76,80-81H,3-22,24,26-28,30,32-74H2,1-2H3,(H,79,82)/b25-23-,31-29-. The summed E-state index contributed by atoms with van der Waals surface area (Å²) in [7, 11) is 0. The number of nitrogens with one attached hydrogen (secondary N) is 1. The molecule has 0 aromatic carbocycles. The molecule has 0 radical (unpaired) electrons. The lowest BCUT2D eigenvalue weighted by atomic mass is 10.0. The number of hydrogen-bond donors (Lipinski definition) is 3. The monoisotopic (exact) mass is 1180 g/mol. The lowest BCUT2D eigenvalue weighted by Crippen LogP contribution is -2.45. The van der Waals surface area contributed by atoms with E-state index in [0.717, 1.165) is 44.9 Å². The van der Waals surface area contributed by atoms with Gasteiger partial charge in [0.1, 0.15) is 0 Å². The van der Waals surface area contributed by atoms with Crippen molar-refractivity contribution in [2.24, 2.45) is 0 Å². The van der Waals surface area contributed by atoms with Crippen LogP contribution in [0.25, 0.3) is 0 Å². The van der Waals surface area contributed by atoms with Crippen molar-refractivity contribution in [3.8, 4) is 0 Å². The van der Waals surface area contributed by atoms with Crippen LogP contribution in [0.1, 0.15) is 438 Å². The van der Waals surface area contributed by atoms with Gasteiger partial charge in [-0.3, -0.25) is 9.59 Å². The normalized spacial score (nSPS) is 12.6. The maximum Gasteiger partial charge on any atom is 0.305 e. The van der Waals surface area contributed by atoms with Crippen LogP contribution in [0.15, 0.2) is 24.3 Å². The summed E-state index contributed by atoms with van der Waals surface area (Å²) in [6.07, 6.45) is 93.9. The summed E-state index contributed by atoms with van der Waals surface area (Å²) in [5, 5.41) is 23.4. The molecule has 3 N–H and O–H groups in total. The second kappa shape index (κ2) is 73.8. The van der Waals surface area contributed by atoms with Crippen LogP contribution in [0.4, 0.5) is 0 Å². The van der Waals surface area contributed by atoms with E-state index in [4.69, 9.17) is 4.74 Å². The first kappa shape index (κ1) is 82.3. The predicted octanol–water partition coefficient (Wildman–Crippen LogP) is 25.3. The van der Waals surface area contributed by atoms with Gasteiger partial charge >= 0.3 is 5.97 Å². The van der Waals surface area contributed by atoms with Crippen LogP contribution in [0, 0.1) is 0 Å². The summed E-state index contributed by atoms with van der Waals surface area (Å²) in [6, 6.07) is -0.543. The smallest absolute Gasteiger partial charge is 0.305 e. The van der Waals surface area contributed by atoms with E-state index in [2.05, 4.69) is 43.5 Å². The van der Waals surface area contributed by atoms with E-state index >= 15 is 0 Å². The van der Waals surface area contributed by atoms with Gasteiger partial charge < -0.3 is 20.3 Å². The Bertz CT molecular complexity index is 1320. The molecule has 84 heavy (non-hydrogen) atoms. The molecule has 0 aromatic heterocycles. The fourth-order valence-electron chi connectivity index (χ4n) is 12.4. The van der Waals surface area contributed by atoms with Gasteiger partial charge in [0.2, 0.25) is 5.91 Å². The maximum absolute atomic E-state index is 12.6. The van der Waals surface area contributed by atoms with Gasteiger partial charge in [0, 0.05) is 12.8 Å². The summed E-state index contributed by atoms with van der Waals surface area (Å²) in [5.74, 6) is -0.0140. The minimum Gasteiger partial charge on any atom is -0.466 e. The number of amides is 1. The Morgan fingerprint density at radius 2 is 0.595 bits per heavy atom. The SMILES string of the molecule is CCCCCCCCCCCCCCCCCCCCCCCC(O)C(CO)NC(=O)CCCCCCCCCCCCCCC/C=C\C/C=C\CCCCCCCCCCCOC(=O)CCCCCCCCCCCCCCCCCCC. The highest BCUT2D eigenvalue weighted by Crippen LogP contribution is 2.20. The third-order valence-corrected chi connectivity index (χ3v) is 18.3. The lowest BCUT2D eigenvalue weighted by molar-refractivity contribution is -0.143. The molecule has 498 valence electrons. The van der Waals surface area contributed by atoms with E-state index in [-0.39, 0.29) is 18.5 Å². The van der Waals surface area contributed by atoms with E-state index < -0.39 is 12.1 Å². The number of carbonyl (C=O) groups excluding carboxylic acids is 2. The lowest BCUT2D eigenvalue weighted by Gasteiger charge is -2.22. The minimum atomic E-state index is -0.666. The fraction of sp³-hybridized carbons (Fsp3) is 0.923. The number of aliphatic hydroxyl groups is 2. The van der Waals surface area contributed by atoms with Crippen molar-refractivity contribution in [2.45, 2.75) is 450 Å². The van der Waals surface area contributed by atoms with Crippen LogP contribution in [-0.4, -0.2) is 47.4 Å². The fourth-order valence-corrected chi connectivity index (χ4v) is 12.4. The highest BCUT2D eigenvalue weighted by molar-refractivity contribution is 5.76. The third kappa shape index (κ3) is 69.4. The van der Waals surface area contributed by atoms with Gasteiger partial charge in [-0.15, -0.1) is 0 Å². The zero-order chi connectivity index (χ0) is 60.6. The van der Waals surface area contributed by atoms with Crippen molar-refractivity contribution in [2.75, 3.05) is 13.2 Å². The first-order valence-electron chi connectivity index (χ1n) is 38.6. The summed E-state index contributed by atoms with van der Waals surface area (Å²) in [5.41, 5.74) is 0. The van der Waals surface area contributed by atoms with Gasteiger partial charge in [-0.25, -0.2) is 0 Å². The molecule has 0 heterocycles. The molecular weight excluding hydrogens is 1030 g/mol. The molecule has 0 fully saturated rings. The molecule has 0 aromatic rings. The number of aliphatic hydroxyl groups excluding tert-OH is 2. The van der Waals surface area contributed by atoms with Gasteiger partial charge in [0.05, 0.1) is 25.4 Å². The Morgan fingerprint density at radius 1 is 0.333 bits per heavy atom. The molecule has 6 nitrogen and oxygen atoms in total. The van der Waals surface area contributed by atoms with Gasteiger partial charge in [0.25, 0.3) is 0 Å². The van der Waals surface area contributed by atoms with Crippen LogP contribution < -0.4 is 5.32 Å². The molecule has 2 unspecified atom stereocenters. The topological polar surface area (TPSA) is 95.9 Å². The molecule has 0 spiro atoms. The second-order valence-electron chi connectivity index (χ2n) is 26.7. The van der Waals surface area contributed by atoms with Crippen LogP contribution in [-0.2, 0) is 14.3 Å². The molecule has 0 rings (SSSR count). The molecule has 6 heteroatoms. The van der Waals surface area contributed by atoms with Crippen molar-refractivity contribution < 1.29 is 24.5 Å². The summed E-state index contributed by atoms with van der Waals surface area (Å²) in [4.78, 5) is 24.7. The number of hydrogen-bond acceptors (Lipinski definition) is 5. The quantitative estimate of drug-likeness (QED) is 0.0320. The van der Waals surface area contributed by atoms with Crippen molar-refractivity contribution >= 4 is 11.9 Å². The summed E-state index contributed by atoms with van der Waals surface area (Å²) < 4.78 is 5.51. The van der Waals surface area contributed by atoms with Crippen molar-refractivity contribution in [1.29, 1.82) is 0 Å². The van der Waals surface area contributed by atoms with Gasteiger partial charge in [0.15, 0.2) is 0 Å². The van der Waals surface area contributed by atoms with E-state index in [1.165, 1.54) is 360 Å². The Labute approximate surface area is 526 Å². The van der Waals surface area contributed by atoms with E-state index in [1.54, 1.807) is 0 Å². The van der Waals surface area contributed by atoms with E-state index in [9.17, 15) is 19.8 Å². The highest BCUT2D eigenvalue weighted by Gasteiger charge is 2.20. The predicted molar refractivity (Wildman–Crippen MR) is 370 cm³/mol. The average Bonchev–Trinajstić information content (AvgIpc) is 3.51. The molecular formula is C78H151NO5. The number of ether oxygens (including phenoxy) is 1. The third-order valence-electron chi connectivity index (χ3n) is 18.3. The Kier molecular flexibility index (Phi) is 72.3. The summed E-state index contributed by atoms with van der Waals surface area (Å²) in [6.45, 7) is 5.00. The van der Waals surface area contributed by atoms with Crippen LogP contribution in [0.3, 0.4) is 0 Å². The molecule has 0 saturated carbocycles. The van der Waals surface area contributed by atoms with E-state index in [1.807, 2.05) is 0 Å². The van der Waals surface area contributed by atoms with Gasteiger partial charge in [-0.05, 0) is 57.8 Å². The Morgan fingerprint density at radius 3 is 0.905 bits per heavy atom. The number of rotatable bonds is 73. The second-order valence-corrected chi connectivity index (χ2v) is 26.7. The summed E-state index contributed by atoms with van der Waals surface area (Å²) >= 11 is 0. The maximum atomic E-state index is 12.6. The molecule has 1 amide bonds. The number of carbonyl (C=O) groups is 2. The first-order valence-corrected chi connectivity index (χ1v) is 38.6. The van der Waals surface area contributed by atoms with Gasteiger partial charge in [-0.1, -0.05) is 391 Å². The molecule has 0 aliphatic carbocycles. The minimum absolute atomic E-state index is 0.0170. The first-order chi connectivity index (χ1) is 41.5. The van der Waals surface area contributed by atoms with Gasteiger partial charge in [-0.2, -0.15) is 0 Å². The van der Waals surface area contributed by atoms with Crippen LogP contribution >= 0.6 is 0 Å². The zero-order valence-electron chi connectivity index (χ0n) is 57.2. The average molecular weight is 1180 g/mol. The Balaban J connectivity index is 3.39. The highest BCUT2D eigenvalue weighted by atomic mass is 16.5. The number of allylic oxidation sites excluding steroid dienone is 4. The van der Waals surface area contributed by atoms with Crippen molar-refractivity contribution in [1.82, 2.24) is 5.32 Å². The van der Waals surface area contributed by atoms with Crippen molar-refractivity contribution in [3.05, 3.63) is 24.3 Å². The zero-order valence-corrected chi connectivity index (χ0v) is 57.2. The van der Waals surface area contributed by atoms with Crippen LogP contribution in [0.5, 0.6) is 0 Å².